The number of amides is 1. The first-order valence-corrected chi connectivity index (χ1v) is 10.1. The highest BCUT2D eigenvalue weighted by atomic mass is 35.5. The van der Waals surface area contributed by atoms with Gasteiger partial charge in [0, 0.05) is 17.8 Å². The summed E-state index contributed by atoms with van der Waals surface area (Å²) < 4.78 is 24.6. The van der Waals surface area contributed by atoms with Gasteiger partial charge < -0.3 is 5.32 Å². The predicted octanol–water partition coefficient (Wildman–Crippen LogP) is 4.95. The lowest BCUT2D eigenvalue weighted by atomic mass is 10.1. The Balaban J connectivity index is 2.50. The molecule has 0 unspecified atom stereocenters. The van der Waals surface area contributed by atoms with Gasteiger partial charge in [-0.05, 0) is 30.3 Å². The van der Waals surface area contributed by atoms with E-state index in [0.717, 1.165) is 10.6 Å². The Labute approximate surface area is 165 Å². The van der Waals surface area contributed by atoms with Crippen molar-refractivity contribution in [2.24, 2.45) is 0 Å². The highest BCUT2D eigenvalue weighted by Crippen LogP contribution is 2.34. The number of halogens is 4. The van der Waals surface area contributed by atoms with E-state index in [1.54, 1.807) is 6.07 Å². The fraction of sp³-hybridized carbons (Fsp3) is 0.133. The zero-order chi connectivity index (χ0) is 18.9. The zero-order valence-corrected chi connectivity index (χ0v) is 16.8. The van der Waals surface area contributed by atoms with Gasteiger partial charge in [-0.25, -0.2) is 8.42 Å². The number of nitrogens with zero attached hydrogens (tertiary/aromatic N) is 1. The van der Waals surface area contributed by atoms with Crippen molar-refractivity contribution in [2.45, 2.75) is 0 Å². The van der Waals surface area contributed by atoms with Gasteiger partial charge in [0.1, 0.15) is 0 Å². The van der Waals surface area contributed by atoms with Crippen LogP contribution in [0.4, 0.5) is 11.4 Å². The van der Waals surface area contributed by atoms with Crippen molar-refractivity contribution in [3.05, 3.63) is 56.0 Å². The Morgan fingerprint density at radius 1 is 1.00 bits per heavy atom. The van der Waals surface area contributed by atoms with E-state index >= 15 is 0 Å². The van der Waals surface area contributed by atoms with E-state index in [-0.39, 0.29) is 26.3 Å². The number of sulfonamides is 1. The van der Waals surface area contributed by atoms with Crippen LogP contribution in [0.1, 0.15) is 10.4 Å². The second-order valence-electron chi connectivity index (χ2n) is 5.10. The van der Waals surface area contributed by atoms with E-state index in [2.05, 4.69) is 5.32 Å². The molecule has 2 aromatic carbocycles. The third-order valence-corrected chi connectivity index (χ3v) is 5.69. The lowest BCUT2D eigenvalue weighted by molar-refractivity contribution is 0.102. The van der Waals surface area contributed by atoms with Crippen molar-refractivity contribution >= 4 is 73.7 Å². The van der Waals surface area contributed by atoms with Crippen molar-refractivity contribution in [2.75, 3.05) is 22.9 Å². The van der Waals surface area contributed by atoms with E-state index in [1.807, 2.05) is 0 Å². The summed E-state index contributed by atoms with van der Waals surface area (Å²) in [6, 6.07) is 7.23. The summed E-state index contributed by atoms with van der Waals surface area (Å²) in [5.74, 6) is -0.603. The van der Waals surface area contributed by atoms with Crippen LogP contribution in [-0.4, -0.2) is 27.6 Å². The van der Waals surface area contributed by atoms with Crippen LogP contribution in [0.5, 0.6) is 0 Å². The van der Waals surface area contributed by atoms with E-state index in [1.165, 1.54) is 31.3 Å². The summed E-state index contributed by atoms with van der Waals surface area (Å²) in [5.41, 5.74) is 0.395. The van der Waals surface area contributed by atoms with Gasteiger partial charge in [0.25, 0.3) is 5.91 Å². The topological polar surface area (TPSA) is 66.5 Å². The van der Waals surface area contributed by atoms with Crippen LogP contribution in [0, 0.1) is 0 Å². The molecule has 0 aromatic heterocycles. The number of rotatable bonds is 4. The molecule has 1 N–H and O–H groups in total. The van der Waals surface area contributed by atoms with Crippen LogP contribution in [0.2, 0.25) is 20.1 Å². The maximum Gasteiger partial charge on any atom is 0.257 e. The minimum absolute atomic E-state index is 0.00324. The smallest absolute Gasteiger partial charge is 0.257 e. The Kier molecular flexibility index (Phi) is 6.12. The molecule has 0 heterocycles. The molecule has 2 aromatic rings. The second kappa shape index (κ2) is 7.60. The number of hydrogen-bond acceptors (Lipinski definition) is 3. The number of anilines is 2. The molecular formula is C15H12Cl4N2O3S. The summed E-state index contributed by atoms with van der Waals surface area (Å²) in [4.78, 5) is 12.6. The van der Waals surface area contributed by atoms with Crippen molar-refractivity contribution in [1.29, 1.82) is 0 Å². The SMILES string of the molecule is CN(c1c(Cl)cc(Cl)cc1C(=O)Nc1ccc(Cl)c(Cl)c1)S(C)(=O)=O. The summed E-state index contributed by atoms with van der Waals surface area (Å²) >= 11 is 23.8. The van der Waals surface area contributed by atoms with Crippen LogP contribution in [0.25, 0.3) is 0 Å². The first kappa shape index (κ1) is 20.1. The van der Waals surface area contributed by atoms with Crippen LogP contribution >= 0.6 is 46.4 Å². The van der Waals surface area contributed by atoms with E-state index in [4.69, 9.17) is 46.4 Å². The van der Waals surface area contributed by atoms with Gasteiger partial charge in [-0.15, -0.1) is 0 Å². The lowest BCUT2D eigenvalue weighted by Gasteiger charge is -2.21. The standard InChI is InChI=1S/C15H12Cl4N2O3S/c1-21(25(2,23)24)14-10(5-8(16)6-13(14)19)15(22)20-9-3-4-11(17)12(18)7-9/h3-7H,1-2H3,(H,20,22). The third-order valence-electron chi connectivity index (χ3n) is 3.26. The maximum absolute atomic E-state index is 12.6. The van der Waals surface area contributed by atoms with Gasteiger partial charge in [-0.3, -0.25) is 9.10 Å². The Morgan fingerprint density at radius 2 is 1.64 bits per heavy atom. The van der Waals surface area contributed by atoms with Crippen molar-refractivity contribution in [3.8, 4) is 0 Å². The average Bonchev–Trinajstić information content (AvgIpc) is 2.48. The third kappa shape index (κ3) is 4.71. The molecule has 134 valence electrons. The van der Waals surface area contributed by atoms with Crippen molar-refractivity contribution in [1.82, 2.24) is 0 Å². The Bertz CT molecular complexity index is 948. The fourth-order valence-corrected chi connectivity index (χ4v) is 3.49. The Hall–Kier alpha value is -1.18. The van der Waals surface area contributed by atoms with E-state index < -0.39 is 15.9 Å². The minimum atomic E-state index is -3.65. The maximum atomic E-state index is 12.6. The molecule has 0 aliphatic carbocycles. The molecule has 0 radical (unpaired) electrons. The quantitative estimate of drug-likeness (QED) is 0.729. The van der Waals surface area contributed by atoms with E-state index in [9.17, 15) is 13.2 Å². The van der Waals surface area contributed by atoms with Crippen molar-refractivity contribution < 1.29 is 13.2 Å². The molecular weight excluding hydrogens is 430 g/mol. The molecule has 5 nitrogen and oxygen atoms in total. The minimum Gasteiger partial charge on any atom is -0.322 e. The number of benzene rings is 2. The number of hydrogen-bond donors (Lipinski definition) is 1. The van der Waals surface area contributed by atoms with Gasteiger partial charge in [0.2, 0.25) is 10.0 Å². The van der Waals surface area contributed by atoms with Gasteiger partial charge in [0.05, 0.1) is 32.6 Å². The molecule has 0 aliphatic heterocycles. The largest absolute Gasteiger partial charge is 0.322 e. The molecule has 0 spiro atoms. The van der Waals surface area contributed by atoms with Gasteiger partial charge in [-0.1, -0.05) is 46.4 Å². The summed E-state index contributed by atoms with van der Waals surface area (Å²) in [6.07, 6.45) is 0.999. The monoisotopic (exact) mass is 440 g/mol. The molecule has 0 fully saturated rings. The molecule has 10 heteroatoms. The van der Waals surface area contributed by atoms with Gasteiger partial charge in [0.15, 0.2) is 0 Å². The van der Waals surface area contributed by atoms with Crippen LogP contribution in [0.3, 0.4) is 0 Å². The molecule has 0 aliphatic rings. The fourth-order valence-electron chi connectivity index (χ4n) is 2.00. The second-order valence-corrected chi connectivity index (χ2v) is 8.77. The highest BCUT2D eigenvalue weighted by molar-refractivity contribution is 7.92. The number of carbonyl (C=O) groups excluding carboxylic acids is 1. The molecule has 0 saturated carbocycles. The number of carbonyl (C=O) groups is 1. The normalized spacial score (nSPS) is 11.3. The van der Waals surface area contributed by atoms with Crippen LogP contribution in [0.15, 0.2) is 30.3 Å². The van der Waals surface area contributed by atoms with Gasteiger partial charge >= 0.3 is 0 Å². The van der Waals surface area contributed by atoms with Gasteiger partial charge in [-0.2, -0.15) is 0 Å². The van der Waals surface area contributed by atoms with E-state index in [0.29, 0.717) is 10.7 Å². The highest BCUT2D eigenvalue weighted by Gasteiger charge is 2.24. The summed E-state index contributed by atoms with van der Waals surface area (Å²) in [6.45, 7) is 0. The molecule has 25 heavy (non-hydrogen) atoms. The lowest BCUT2D eigenvalue weighted by Crippen LogP contribution is -2.28. The molecule has 0 atom stereocenters. The molecule has 0 saturated heterocycles. The molecule has 2 rings (SSSR count). The van der Waals surface area contributed by atoms with Crippen LogP contribution in [-0.2, 0) is 10.0 Å². The number of nitrogens with one attached hydrogen (secondary N) is 1. The average molecular weight is 442 g/mol. The zero-order valence-electron chi connectivity index (χ0n) is 13.0. The first-order chi connectivity index (χ1) is 11.5. The summed E-state index contributed by atoms with van der Waals surface area (Å²) in [5, 5.41) is 3.42. The summed E-state index contributed by atoms with van der Waals surface area (Å²) in [7, 11) is -2.35. The van der Waals surface area contributed by atoms with Crippen LogP contribution < -0.4 is 9.62 Å². The van der Waals surface area contributed by atoms with Crippen molar-refractivity contribution in [3.63, 3.8) is 0 Å². The molecule has 0 bridgehead atoms. The predicted molar refractivity (Wildman–Crippen MR) is 104 cm³/mol. The molecule has 1 amide bonds. The Morgan fingerprint density at radius 3 is 2.20 bits per heavy atom. The first-order valence-electron chi connectivity index (χ1n) is 6.70.